The van der Waals surface area contributed by atoms with Crippen molar-refractivity contribution in [1.82, 2.24) is 14.8 Å². The lowest BCUT2D eigenvalue weighted by Crippen LogP contribution is -2.51. The highest BCUT2D eigenvalue weighted by Crippen LogP contribution is 2.08. The molecule has 2 rings (SSSR count). The number of pyridine rings is 1. The Bertz CT molecular complexity index is 405. The van der Waals surface area contributed by atoms with Crippen LogP contribution < -0.4 is 0 Å². The van der Waals surface area contributed by atoms with E-state index in [1.807, 2.05) is 12.1 Å². The van der Waals surface area contributed by atoms with Gasteiger partial charge in [-0.15, -0.1) is 0 Å². The van der Waals surface area contributed by atoms with Gasteiger partial charge in [0.05, 0.1) is 6.54 Å². The molecule has 0 spiro atoms. The lowest BCUT2D eigenvalue weighted by Gasteiger charge is -2.31. The molecule has 16 heavy (non-hydrogen) atoms. The fraction of sp³-hybridized carbons (Fsp3) is 0.364. The Morgan fingerprint density at radius 2 is 2.12 bits per heavy atom. The summed E-state index contributed by atoms with van der Waals surface area (Å²) in [6, 6.07) is 3.71. The highest BCUT2D eigenvalue weighted by molar-refractivity contribution is 5.92. The van der Waals surface area contributed by atoms with Crippen LogP contribution in [0.5, 0.6) is 0 Å². The Hall–Kier alpha value is -1.91. The summed E-state index contributed by atoms with van der Waals surface area (Å²) in [4.78, 5) is 30.1. The average Bonchev–Trinajstić information content (AvgIpc) is 2.27. The zero-order chi connectivity index (χ0) is 11.5. The number of carbonyl (C=O) groups is 2. The van der Waals surface area contributed by atoms with Gasteiger partial charge in [-0.1, -0.05) is 6.07 Å². The van der Waals surface area contributed by atoms with Gasteiger partial charge in [0.25, 0.3) is 0 Å². The Balaban J connectivity index is 2.05. The third-order valence-electron chi connectivity index (χ3n) is 2.57. The molecule has 0 atom stereocenters. The van der Waals surface area contributed by atoms with Crippen LogP contribution in [-0.2, 0) is 16.1 Å². The Labute approximate surface area is 93.7 Å². The van der Waals surface area contributed by atoms with E-state index in [1.165, 1.54) is 4.90 Å². The normalized spacial score (nSPS) is 16.8. The predicted molar refractivity (Wildman–Crippen MR) is 57.3 cm³/mol. The Morgan fingerprint density at radius 3 is 2.81 bits per heavy atom. The molecule has 1 fully saturated rings. The Morgan fingerprint density at radius 1 is 1.31 bits per heavy atom. The summed E-state index contributed by atoms with van der Waals surface area (Å²) >= 11 is 0. The van der Waals surface area contributed by atoms with Crippen molar-refractivity contribution >= 4 is 11.8 Å². The summed E-state index contributed by atoms with van der Waals surface area (Å²) in [5, 5.41) is 0. The summed E-state index contributed by atoms with van der Waals surface area (Å²) in [7, 11) is 1.64. The summed E-state index contributed by atoms with van der Waals surface area (Å²) < 4.78 is 0. The monoisotopic (exact) mass is 219 g/mol. The summed E-state index contributed by atoms with van der Waals surface area (Å²) in [6.07, 6.45) is 3.39. The molecule has 2 heterocycles. The van der Waals surface area contributed by atoms with Crippen LogP contribution in [0.2, 0.25) is 0 Å². The van der Waals surface area contributed by atoms with Crippen molar-refractivity contribution in [1.29, 1.82) is 0 Å². The number of amides is 2. The molecule has 1 saturated heterocycles. The molecule has 84 valence electrons. The van der Waals surface area contributed by atoms with Gasteiger partial charge in [0.15, 0.2) is 0 Å². The number of nitrogens with zero attached hydrogens (tertiary/aromatic N) is 3. The number of likely N-dealkylation sites (N-methyl/N-ethyl adjacent to an activating group) is 1. The minimum Gasteiger partial charge on any atom is -0.335 e. The standard InChI is InChI=1S/C11H13N3O2/c1-13-7-11(16)14(8-10(13)15)6-9-3-2-4-12-5-9/h2-5H,6-8H2,1H3. The quantitative estimate of drug-likeness (QED) is 0.697. The first-order valence-electron chi connectivity index (χ1n) is 5.07. The maximum Gasteiger partial charge on any atom is 0.242 e. The topological polar surface area (TPSA) is 53.5 Å². The molecule has 5 nitrogen and oxygen atoms in total. The van der Waals surface area contributed by atoms with Crippen LogP contribution in [0.3, 0.4) is 0 Å². The highest BCUT2D eigenvalue weighted by atomic mass is 16.2. The molecule has 0 saturated carbocycles. The Kier molecular flexibility index (Phi) is 2.85. The number of hydrogen-bond donors (Lipinski definition) is 0. The minimum absolute atomic E-state index is 0.0223. The van der Waals surface area contributed by atoms with Crippen LogP contribution in [0.4, 0.5) is 0 Å². The van der Waals surface area contributed by atoms with E-state index >= 15 is 0 Å². The zero-order valence-corrected chi connectivity index (χ0v) is 9.09. The molecule has 1 aliphatic rings. The second-order valence-corrected chi connectivity index (χ2v) is 3.86. The smallest absolute Gasteiger partial charge is 0.242 e. The average molecular weight is 219 g/mol. The van der Waals surface area contributed by atoms with Gasteiger partial charge in [-0.2, -0.15) is 0 Å². The first-order chi connectivity index (χ1) is 7.66. The van der Waals surface area contributed by atoms with Gasteiger partial charge in [-0.05, 0) is 11.6 Å². The van der Waals surface area contributed by atoms with Crippen molar-refractivity contribution in [2.45, 2.75) is 6.54 Å². The molecule has 1 aromatic heterocycles. The van der Waals surface area contributed by atoms with E-state index in [4.69, 9.17) is 0 Å². The molecule has 0 N–H and O–H groups in total. The van der Waals surface area contributed by atoms with E-state index in [0.29, 0.717) is 6.54 Å². The maximum absolute atomic E-state index is 11.7. The van der Waals surface area contributed by atoms with Crippen molar-refractivity contribution in [3.05, 3.63) is 30.1 Å². The van der Waals surface area contributed by atoms with Crippen LogP contribution in [0.1, 0.15) is 5.56 Å². The van der Waals surface area contributed by atoms with Crippen LogP contribution in [-0.4, -0.2) is 46.7 Å². The first kappa shape index (κ1) is 10.6. The van der Waals surface area contributed by atoms with E-state index in [2.05, 4.69) is 4.98 Å². The van der Waals surface area contributed by atoms with Crippen molar-refractivity contribution < 1.29 is 9.59 Å². The van der Waals surface area contributed by atoms with Crippen molar-refractivity contribution in [2.24, 2.45) is 0 Å². The fourth-order valence-electron chi connectivity index (χ4n) is 1.62. The van der Waals surface area contributed by atoms with Crippen molar-refractivity contribution in [2.75, 3.05) is 20.1 Å². The number of aromatic nitrogens is 1. The lowest BCUT2D eigenvalue weighted by atomic mass is 10.2. The molecular formula is C11H13N3O2. The molecule has 0 bridgehead atoms. The van der Waals surface area contributed by atoms with Crippen LogP contribution in [0.15, 0.2) is 24.5 Å². The van der Waals surface area contributed by atoms with Gasteiger partial charge in [-0.3, -0.25) is 14.6 Å². The van der Waals surface area contributed by atoms with Gasteiger partial charge in [-0.25, -0.2) is 0 Å². The molecule has 5 heteroatoms. The summed E-state index contributed by atoms with van der Waals surface area (Å²) in [5.74, 6) is -0.0468. The third kappa shape index (κ3) is 2.18. The second kappa shape index (κ2) is 4.30. The molecule has 0 aromatic carbocycles. The third-order valence-corrected chi connectivity index (χ3v) is 2.57. The lowest BCUT2D eigenvalue weighted by molar-refractivity contribution is -0.149. The fourth-order valence-corrected chi connectivity index (χ4v) is 1.62. The predicted octanol–water partition coefficient (Wildman–Crippen LogP) is -0.118. The highest BCUT2D eigenvalue weighted by Gasteiger charge is 2.27. The van der Waals surface area contributed by atoms with Crippen molar-refractivity contribution in [3.63, 3.8) is 0 Å². The second-order valence-electron chi connectivity index (χ2n) is 3.86. The SMILES string of the molecule is CN1CC(=O)N(Cc2cccnc2)CC1=O. The number of hydrogen-bond acceptors (Lipinski definition) is 3. The van der Waals surface area contributed by atoms with Crippen LogP contribution in [0.25, 0.3) is 0 Å². The van der Waals surface area contributed by atoms with Gasteiger partial charge in [0, 0.05) is 26.0 Å². The summed E-state index contributed by atoms with van der Waals surface area (Å²) in [6.45, 7) is 0.773. The van der Waals surface area contributed by atoms with Crippen LogP contribution >= 0.6 is 0 Å². The number of carbonyl (C=O) groups excluding carboxylic acids is 2. The van der Waals surface area contributed by atoms with E-state index in [1.54, 1.807) is 24.3 Å². The van der Waals surface area contributed by atoms with E-state index in [0.717, 1.165) is 5.56 Å². The van der Waals surface area contributed by atoms with E-state index in [-0.39, 0.29) is 24.9 Å². The molecule has 1 aromatic rings. The molecule has 0 aliphatic carbocycles. The van der Waals surface area contributed by atoms with Crippen LogP contribution in [0, 0.1) is 0 Å². The van der Waals surface area contributed by atoms with E-state index in [9.17, 15) is 9.59 Å². The largest absolute Gasteiger partial charge is 0.335 e. The zero-order valence-electron chi connectivity index (χ0n) is 9.09. The van der Waals surface area contributed by atoms with Crippen molar-refractivity contribution in [3.8, 4) is 0 Å². The molecule has 0 radical (unpaired) electrons. The molecule has 0 unspecified atom stereocenters. The minimum atomic E-state index is -0.0245. The summed E-state index contributed by atoms with van der Waals surface area (Å²) in [5.41, 5.74) is 0.938. The number of piperazine rings is 1. The van der Waals surface area contributed by atoms with Gasteiger partial charge >= 0.3 is 0 Å². The molecule has 2 amide bonds. The van der Waals surface area contributed by atoms with Gasteiger partial charge in [0.1, 0.15) is 6.54 Å². The number of rotatable bonds is 2. The molecular weight excluding hydrogens is 206 g/mol. The first-order valence-corrected chi connectivity index (χ1v) is 5.07. The maximum atomic E-state index is 11.7. The van der Waals surface area contributed by atoms with Gasteiger partial charge < -0.3 is 9.80 Å². The molecule has 1 aliphatic heterocycles. The van der Waals surface area contributed by atoms with Gasteiger partial charge in [0.2, 0.25) is 11.8 Å². The van der Waals surface area contributed by atoms with E-state index < -0.39 is 0 Å².